The van der Waals surface area contributed by atoms with Crippen molar-refractivity contribution in [2.24, 2.45) is 0 Å². The first kappa shape index (κ1) is 19.3. The molecule has 2 aromatic carbocycles. The summed E-state index contributed by atoms with van der Waals surface area (Å²) in [5.74, 6) is -2.08. The first-order chi connectivity index (χ1) is 13.7. The van der Waals surface area contributed by atoms with E-state index in [0.29, 0.717) is 16.7 Å². The lowest BCUT2D eigenvalue weighted by atomic mass is 10.0. The molecule has 1 unspecified atom stereocenters. The number of hydrogen-bond donors (Lipinski definition) is 1. The minimum Gasteiger partial charge on any atom is -0.322 e. The third-order valence-corrected chi connectivity index (χ3v) is 6.83. The number of nitrogens with one attached hydrogen (secondary N) is 1. The average Bonchev–Trinajstić information content (AvgIpc) is 2.98. The summed E-state index contributed by atoms with van der Waals surface area (Å²) >= 11 is 0. The van der Waals surface area contributed by atoms with Crippen molar-refractivity contribution in [1.29, 1.82) is 0 Å². The van der Waals surface area contributed by atoms with Crippen LogP contribution in [0.3, 0.4) is 0 Å². The summed E-state index contributed by atoms with van der Waals surface area (Å²) in [5.41, 5.74) is 1.47. The number of sulfone groups is 1. The molecule has 0 aliphatic carbocycles. The predicted molar refractivity (Wildman–Crippen MR) is 99.8 cm³/mol. The van der Waals surface area contributed by atoms with E-state index in [9.17, 15) is 27.2 Å². The third-order valence-electron chi connectivity index (χ3n) is 5.12. The lowest BCUT2D eigenvalue weighted by Crippen LogP contribution is -2.52. The Morgan fingerprint density at radius 3 is 2.48 bits per heavy atom. The van der Waals surface area contributed by atoms with Crippen LogP contribution in [-0.2, 0) is 31.7 Å². The number of benzene rings is 2. The van der Waals surface area contributed by atoms with E-state index in [1.807, 2.05) is 0 Å². The summed E-state index contributed by atoms with van der Waals surface area (Å²) < 4.78 is 38.2. The van der Waals surface area contributed by atoms with Gasteiger partial charge >= 0.3 is 0 Å². The third kappa shape index (κ3) is 3.65. The van der Waals surface area contributed by atoms with Crippen LogP contribution in [0.1, 0.15) is 34.3 Å². The van der Waals surface area contributed by atoms with Gasteiger partial charge in [0.1, 0.15) is 11.9 Å². The normalized spacial score (nSPS) is 19.3. The highest BCUT2D eigenvalue weighted by Crippen LogP contribution is 2.29. The van der Waals surface area contributed by atoms with Crippen molar-refractivity contribution in [1.82, 2.24) is 10.2 Å². The van der Waals surface area contributed by atoms with E-state index in [2.05, 4.69) is 5.32 Å². The molecule has 9 heteroatoms. The monoisotopic (exact) mass is 416 g/mol. The number of fused-ring (bicyclic) bond motifs is 1. The van der Waals surface area contributed by atoms with Crippen molar-refractivity contribution < 1.29 is 27.2 Å². The Kier molecular flexibility index (Phi) is 4.70. The highest BCUT2D eigenvalue weighted by Gasteiger charge is 2.39. The molecule has 2 aliphatic heterocycles. The molecule has 3 amide bonds. The Morgan fingerprint density at radius 2 is 1.79 bits per heavy atom. The zero-order valence-corrected chi connectivity index (χ0v) is 16.0. The Labute approximate surface area is 166 Å². The Hall–Kier alpha value is -3.07. The van der Waals surface area contributed by atoms with E-state index in [1.54, 1.807) is 12.1 Å². The minimum absolute atomic E-state index is 0.00380. The van der Waals surface area contributed by atoms with Crippen LogP contribution in [0.2, 0.25) is 0 Å². The maximum Gasteiger partial charge on any atom is 0.255 e. The van der Waals surface area contributed by atoms with Crippen LogP contribution in [0.25, 0.3) is 0 Å². The van der Waals surface area contributed by atoms with Gasteiger partial charge in [0, 0.05) is 18.5 Å². The largest absolute Gasteiger partial charge is 0.322 e. The molecule has 1 N–H and O–H groups in total. The van der Waals surface area contributed by atoms with Gasteiger partial charge in [-0.1, -0.05) is 12.1 Å². The highest BCUT2D eigenvalue weighted by molar-refractivity contribution is 7.90. The van der Waals surface area contributed by atoms with E-state index in [1.165, 1.54) is 23.1 Å². The van der Waals surface area contributed by atoms with Crippen molar-refractivity contribution in [3.05, 3.63) is 65.0 Å². The van der Waals surface area contributed by atoms with E-state index in [-0.39, 0.29) is 41.8 Å². The molecule has 2 aliphatic rings. The van der Waals surface area contributed by atoms with Crippen LogP contribution in [0.4, 0.5) is 4.39 Å². The maximum absolute atomic E-state index is 13.1. The van der Waals surface area contributed by atoms with E-state index >= 15 is 0 Å². The van der Waals surface area contributed by atoms with Crippen LogP contribution in [0, 0.1) is 5.82 Å². The highest BCUT2D eigenvalue weighted by atomic mass is 32.2. The van der Waals surface area contributed by atoms with Crippen molar-refractivity contribution >= 4 is 27.6 Å². The number of imide groups is 1. The second-order valence-electron chi connectivity index (χ2n) is 7.10. The van der Waals surface area contributed by atoms with Crippen molar-refractivity contribution in [2.75, 3.05) is 0 Å². The number of carbonyl (C=O) groups is 3. The van der Waals surface area contributed by atoms with Crippen LogP contribution < -0.4 is 5.32 Å². The zero-order chi connectivity index (χ0) is 20.8. The molecule has 1 atom stereocenters. The second kappa shape index (κ2) is 7.07. The fourth-order valence-electron chi connectivity index (χ4n) is 3.64. The first-order valence-electron chi connectivity index (χ1n) is 8.99. The van der Waals surface area contributed by atoms with Crippen LogP contribution in [-0.4, -0.2) is 37.1 Å². The van der Waals surface area contributed by atoms with Gasteiger partial charge in [-0.2, -0.15) is 0 Å². The minimum atomic E-state index is -3.71. The fraction of sp³-hybridized carbons (Fsp3) is 0.250. The zero-order valence-electron chi connectivity index (χ0n) is 15.2. The summed E-state index contributed by atoms with van der Waals surface area (Å²) in [7, 11) is -3.71. The lowest BCUT2D eigenvalue weighted by Gasteiger charge is -2.29. The molecule has 1 fully saturated rings. The van der Waals surface area contributed by atoms with Crippen molar-refractivity contribution in [3.63, 3.8) is 0 Å². The summed E-state index contributed by atoms with van der Waals surface area (Å²) in [6.07, 6.45) is 0.424. The van der Waals surface area contributed by atoms with Crippen LogP contribution in [0.5, 0.6) is 0 Å². The summed E-state index contributed by atoms with van der Waals surface area (Å²) in [5, 5.41) is 2.24. The SMILES string of the molecule is O=C1CCC(N2Cc3ccc(CS(=O)(=O)c4ccc(F)cc4)cc3C2=O)C(=O)N1. The van der Waals surface area contributed by atoms with Gasteiger partial charge in [0.2, 0.25) is 11.8 Å². The van der Waals surface area contributed by atoms with Gasteiger partial charge in [0.25, 0.3) is 5.91 Å². The molecule has 0 bridgehead atoms. The molecule has 2 heterocycles. The molecule has 0 aromatic heterocycles. The van der Waals surface area contributed by atoms with Crippen molar-refractivity contribution in [3.8, 4) is 0 Å². The Morgan fingerprint density at radius 1 is 1.07 bits per heavy atom. The molecule has 1 saturated heterocycles. The van der Waals surface area contributed by atoms with E-state index < -0.39 is 27.6 Å². The number of amides is 3. The second-order valence-corrected chi connectivity index (χ2v) is 9.09. The molecule has 7 nitrogen and oxygen atoms in total. The smallest absolute Gasteiger partial charge is 0.255 e. The van der Waals surface area contributed by atoms with Gasteiger partial charge in [-0.3, -0.25) is 19.7 Å². The Bertz CT molecular complexity index is 1130. The molecule has 0 radical (unpaired) electrons. The number of carbonyl (C=O) groups excluding carboxylic acids is 3. The van der Waals surface area contributed by atoms with Gasteiger partial charge < -0.3 is 4.90 Å². The van der Waals surface area contributed by atoms with Gasteiger partial charge in [-0.25, -0.2) is 12.8 Å². The molecule has 150 valence electrons. The number of piperidine rings is 1. The molecule has 4 rings (SSSR count). The number of hydrogen-bond acceptors (Lipinski definition) is 5. The number of halogens is 1. The van der Waals surface area contributed by atoms with Gasteiger partial charge in [0.05, 0.1) is 10.6 Å². The van der Waals surface area contributed by atoms with Crippen LogP contribution in [0.15, 0.2) is 47.4 Å². The van der Waals surface area contributed by atoms with E-state index in [4.69, 9.17) is 0 Å². The molecule has 29 heavy (non-hydrogen) atoms. The quantitative estimate of drug-likeness (QED) is 0.602. The maximum atomic E-state index is 13.1. The fourth-order valence-corrected chi connectivity index (χ4v) is 4.97. The van der Waals surface area contributed by atoms with Crippen LogP contribution >= 0.6 is 0 Å². The number of nitrogens with zero attached hydrogens (tertiary/aromatic N) is 1. The lowest BCUT2D eigenvalue weighted by molar-refractivity contribution is -0.136. The average molecular weight is 416 g/mol. The molecular formula is C20H17FN2O5S. The predicted octanol–water partition coefficient (Wildman–Crippen LogP) is 1.56. The van der Waals surface area contributed by atoms with Gasteiger partial charge in [0.15, 0.2) is 9.84 Å². The van der Waals surface area contributed by atoms with Crippen molar-refractivity contribution in [2.45, 2.75) is 36.1 Å². The molecule has 0 saturated carbocycles. The first-order valence-corrected chi connectivity index (χ1v) is 10.6. The summed E-state index contributed by atoms with van der Waals surface area (Å²) in [4.78, 5) is 37.6. The van der Waals surface area contributed by atoms with Gasteiger partial charge in [-0.05, 0) is 47.9 Å². The summed E-state index contributed by atoms with van der Waals surface area (Å²) in [6.45, 7) is 0.228. The molecular weight excluding hydrogens is 399 g/mol. The molecule has 2 aromatic rings. The topological polar surface area (TPSA) is 101 Å². The molecule has 0 spiro atoms. The standard InChI is InChI=1S/C20H17FN2O5S/c21-14-3-5-15(6-4-14)29(27,28)11-12-1-2-13-10-23(20(26)16(13)9-12)17-7-8-18(24)22-19(17)25/h1-6,9,17H,7-8,10-11H2,(H,22,24,25). The van der Waals surface area contributed by atoms with Gasteiger partial charge in [-0.15, -0.1) is 0 Å². The number of rotatable bonds is 4. The summed E-state index contributed by atoms with van der Waals surface area (Å²) in [6, 6.07) is 8.66. The Balaban J connectivity index is 1.56. The van der Waals surface area contributed by atoms with E-state index in [0.717, 1.165) is 12.1 Å².